The van der Waals surface area contributed by atoms with E-state index in [0.717, 1.165) is 10.0 Å². The van der Waals surface area contributed by atoms with Crippen LogP contribution in [0.3, 0.4) is 0 Å². The van der Waals surface area contributed by atoms with Crippen LogP contribution in [-0.2, 0) is 4.74 Å². The summed E-state index contributed by atoms with van der Waals surface area (Å²) in [5, 5.41) is 29.2. The first-order chi connectivity index (χ1) is 9.93. The maximum absolute atomic E-state index is 10.1. The van der Waals surface area contributed by atoms with Gasteiger partial charge in [0.1, 0.15) is 5.75 Å². The summed E-state index contributed by atoms with van der Waals surface area (Å²) in [7, 11) is 1.58. The Morgan fingerprint density at radius 3 is 2.76 bits per heavy atom. The Kier molecular flexibility index (Phi) is 7.72. The first-order valence-electron chi connectivity index (χ1n) is 6.70. The highest BCUT2D eigenvalue weighted by Gasteiger charge is 2.11. The fraction of sp³-hybridized carbons (Fsp3) is 0.438. The number of benzene rings is 1. The smallest absolute Gasteiger partial charge is 0.121 e. The van der Waals surface area contributed by atoms with Crippen molar-refractivity contribution < 1.29 is 20.1 Å². The van der Waals surface area contributed by atoms with Gasteiger partial charge in [0, 0.05) is 30.0 Å². The van der Waals surface area contributed by atoms with Gasteiger partial charge in [0.15, 0.2) is 0 Å². The summed E-state index contributed by atoms with van der Waals surface area (Å²) in [5.41, 5.74) is 4.34. The van der Waals surface area contributed by atoms with Gasteiger partial charge in [-0.3, -0.25) is 0 Å². The molecular formula is C16H21BrO4. The highest BCUT2D eigenvalue weighted by atomic mass is 79.9. The van der Waals surface area contributed by atoms with E-state index >= 15 is 0 Å². The van der Waals surface area contributed by atoms with Gasteiger partial charge in [0.05, 0.1) is 18.8 Å². The zero-order valence-electron chi connectivity index (χ0n) is 12.2. The van der Waals surface area contributed by atoms with Crippen LogP contribution >= 0.6 is 15.9 Å². The average Bonchev–Trinajstić information content (AvgIpc) is 2.41. The van der Waals surface area contributed by atoms with E-state index in [0.29, 0.717) is 25.0 Å². The number of aliphatic hydroxyl groups excluding tert-OH is 2. The molecule has 21 heavy (non-hydrogen) atoms. The van der Waals surface area contributed by atoms with Crippen LogP contribution < -0.4 is 0 Å². The van der Waals surface area contributed by atoms with E-state index in [1.54, 1.807) is 32.2 Å². The van der Waals surface area contributed by atoms with Gasteiger partial charge in [0.2, 0.25) is 0 Å². The van der Waals surface area contributed by atoms with Gasteiger partial charge >= 0.3 is 0 Å². The quantitative estimate of drug-likeness (QED) is 0.656. The Balaban J connectivity index is 2.79. The Morgan fingerprint density at radius 2 is 2.14 bits per heavy atom. The molecule has 0 unspecified atom stereocenters. The summed E-state index contributed by atoms with van der Waals surface area (Å²) < 4.78 is 5.84. The maximum atomic E-state index is 10.1. The van der Waals surface area contributed by atoms with Crippen molar-refractivity contribution in [2.45, 2.75) is 32.0 Å². The first-order valence-corrected chi connectivity index (χ1v) is 7.49. The molecule has 0 aliphatic heterocycles. The zero-order chi connectivity index (χ0) is 15.8. The third kappa shape index (κ3) is 6.46. The zero-order valence-corrected chi connectivity index (χ0v) is 13.8. The van der Waals surface area contributed by atoms with Gasteiger partial charge in [-0.05, 0) is 36.8 Å². The van der Waals surface area contributed by atoms with Crippen LogP contribution in [0.1, 0.15) is 31.4 Å². The molecule has 0 aliphatic carbocycles. The molecule has 2 atom stereocenters. The number of rotatable bonds is 7. The van der Waals surface area contributed by atoms with Crippen molar-refractivity contribution in [3.8, 4) is 5.75 Å². The molecule has 0 saturated heterocycles. The van der Waals surface area contributed by atoms with Gasteiger partial charge in [-0.1, -0.05) is 15.9 Å². The second-order valence-corrected chi connectivity index (χ2v) is 5.81. The summed E-state index contributed by atoms with van der Waals surface area (Å²) in [6.07, 6.45) is 1.21. The molecule has 4 nitrogen and oxygen atoms in total. The number of ether oxygens (including phenoxy) is 1. The molecule has 1 aromatic rings. The highest BCUT2D eigenvalue weighted by Crippen LogP contribution is 2.29. The van der Waals surface area contributed by atoms with Crippen molar-refractivity contribution in [3.63, 3.8) is 0 Å². The molecule has 0 amide bonds. The number of hydrogen-bond donors (Lipinski definition) is 3. The molecule has 1 aromatic carbocycles. The van der Waals surface area contributed by atoms with E-state index in [1.807, 2.05) is 0 Å². The SMILES string of the molecule is COCC(=C=CC[C@@H](O)c1cc(Br)ccc1O)C[C@H](C)O. The minimum absolute atomic E-state index is 0.0594. The standard InChI is InChI=1S/C16H21BrO4/c1-11(18)8-12(10-21-2)4-3-5-15(19)14-9-13(17)6-7-16(14)20/h3,6-7,9,11,15,18-20H,5,8,10H2,1-2H3/t4?,11-,15+/m0/s1. The number of halogens is 1. The molecule has 5 heteroatoms. The van der Waals surface area contributed by atoms with Crippen molar-refractivity contribution in [1.29, 1.82) is 0 Å². The topological polar surface area (TPSA) is 69.9 Å². The van der Waals surface area contributed by atoms with Crippen LogP contribution in [0.2, 0.25) is 0 Å². The van der Waals surface area contributed by atoms with Crippen LogP contribution in [-0.4, -0.2) is 35.1 Å². The van der Waals surface area contributed by atoms with Crippen molar-refractivity contribution >= 4 is 15.9 Å². The van der Waals surface area contributed by atoms with Crippen LogP contribution in [0.15, 0.2) is 40.1 Å². The lowest BCUT2D eigenvalue weighted by molar-refractivity contribution is 0.176. The molecule has 0 aliphatic rings. The number of methoxy groups -OCH3 is 1. The highest BCUT2D eigenvalue weighted by molar-refractivity contribution is 9.10. The Hall–Kier alpha value is -1.10. The summed E-state index contributed by atoms with van der Waals surface area (Å²) >= 11 is 3.31. The molecular weight excluding hydrogens is 336 g/mol. The lowest BCUT2D eigenvalue weighted by Crippen LogP contribution is -2.04. The van der Waals surface area contributed by atoms with Crippen molar-refractivity contribution in [2.24, 2.45) is 0 Å². The van der Waals surface area contributed by atoms with E-state index in [-0.39, 0.29) is 5.75 Å². The number of hydrogen-bond acceptors (Lipinski definition) is 4. The third-order valence-corrected chi connectivity index (χ3v) is 3.35. The number of aromatic hydroxyl groups is 1. The molecule has 3 N–H and O–H groups in total. The van der Waals surface area contributed by atoms with Gasteiger partial charge < -0.3 is 20.1 Å². The Labute approximate surface area is 133 Å². The predicted molar refractivity (Wildman–Crippen MR) is 85.2 cm³/mol. The third-order valence-electron chi connectivity index (χ3n) is 2.86. The van der Waals surface area contributed by atoms with E-state index in [2.05, 4.69) is 21.7 Å². The monoisotopic (exact) mass is 356 g/mol. The first kappa shape index (κ1) is 18.0. The van der Waals surface area contributed by atoms with Gasteiger partial charge in [0.25, 0.3) is 0 Å². The van der Waals surface area contributed by atoms with Crippen molar-refractivity contribution in [3.05, 3.63) is 45.6 Å². The second-order valence-electron chi connectivity index (χ2n) is 4.89. The summed E-state index contributed by atoms with van der Waals surface area (Å²) in [6, 6.07) is 4.93. The van der Waals surface area contributed by atoms with E-state index in [4.69, 9.17) is 4.74 Å². The molecule has 0 saturated carbocycles. The number of aliphatic hydroxyl groups is 2. The molecule has 116 valence electrons. The lowest BCUT2D eigenvalue weighted by atomic mass is 10.0. The second kappa shape index (κ2) is 9.03. The summed E-state index contributed by atoms with van der Waals surface area (Å²) in [5.74, 6) is 0.0594. The van der Waals surface area contributed by atoms with Crippen LogP contribution in [0, 0.1) is 0 Å². The van der Waals surface area contributed by atoms with E-state index in [9.17, 15) is 15.3 Å². The molecule has 0 bridgehead atoms. The Morgan fingerprint density at radius 1 is 1.43 bits per heavy atom. The van der Waals surface area contributed by atoms with Crippen molar-refractivity contribution in [1.82, 2.24) is 0 Å². The van der Waals surface area contributed by atoms with Gasteiger partial charge in [-0.2, -0.15) is 0 Å². The summed E-state index contributed by atoms with van der Waals surface area (Å²) in [6.45, 7) is 2.09. The molecule has 0 spiro atoms. The maximum Gasteiger partial charge on any atom is 0.121 e. The summed E-state index contributed by atoms with van der Waals surface area (Å²) in [4.78, 5) is 0. The van der Waals surface area contributed by atoms with Crippen LogP contribution in [0.4, 0.5) is 0 Å². The lowest BCUT2D eigenvalue weighted by Gasteiger charge is -2.10. The normalized spacial score (nSPS) is 13.4. The molecule has 0 fully saturated rings. The van der Waals surface area contributed by atoms with E-state index in [1.165, 1.54) is 6.07 Å². The molecule has 0 aromatic heterocycles. The minimum atomic E-state index is -0.814. The van der Waals surface area contributed by atoms with Crippen LogP contribution in [0.25, 0.3) is 0 Å². The molecule has 0 radical (unpaired) electrons. The minimum Gasteiger partial charge on any atom is -0.508 e. The van der Waals surface area contributed by atoms with E-state index < -0.39 is 12.2 Å². The van der Waals surface area contributed by atoms with Crippen molar-refractivity contribution in [2.75, 3.05) is 13.7 Å². The largest absolute Gasteiger partial charge is 0.508 e. The fourth-order valence-electron chi connectivity index (χ4n) is 1.92. The molecule has 1 rings (SSSR count). The number of phenolic OH excluding ortho intramolecular Hbond substituents is 1. The fourth-order valence-corrected chi connectivity index (χ4v) is 2.30. The van der Waals surface area contributed by atoms with Crippen LogP contribution in [0.5, 0.6) is 5.75 Å². The number of phenols is 1. The average molecular weight is 357 g/mol. The predicted octanol–water partition coefficient (Wildman–Crippen LogP) is 3.08. The van der Waals surface area contributed by atoms with Gasteiger partial charge in [-0.15, -0.1) is 5.73 Å². The van der Waals surface area contributed by atoms with Gasteiger partial charge in [-0.25, -0.2) is 0 Å². The molecule has 0 heterocycles. The Bertz CT molecular complexity index is 519.